The van der Waals surface area contributed by atoms with Crippen LogP contribution in [0.4, 0.5) is 0 Å². The van der Waals surface area contributed by atoms with Crippen LogP contribution in [-0.2, 0) is 13.6 Å². The second kappa shape index (κ2) is 6.23. The van der Waals surface area contributed by atoms with E-state index in [2.05, 4.69) is 5.10 Å². The van der Waals surface area contributed by atoms with Crippen molar-refractivity contribution in [3.8, 4) is 5.75 Å². The lowest BCUT2D eigenvalue weighted by Crippen LogP contribution is -2.27. The number of aromatic nitrogens is 2. The maximum atomic E-state index is 12.3. The van der Waals surface area contributed by atoms with Gasteiger partial charge in [-0.2, -0.15) is 5.10 Å². The maximum absolute atomic E-state index is 12.3. The SMILES string of the molecule is CCOc1ccc(C(=O)N(C)Cc2ccnn2C)cc1. The number of hydrogen-bond donors (Lipinski definition) is 0. The summed E-state index contributed by atoms with van der Waals surface area (Å²) in [6.45, 7) is 3.08. The molecule has 1 aromatic heterocycles. The monoisotopic (exact) mass is 273 g/mol. The summed E-state index contributed by atoms with van der Waals surface area (Å²) < 4.78 is 7.13. The number of hydrogen-bond acceptors (Lipinski definition) is 3. The first kappa shape index (κ1) is 14.1. The molecule has 0 aliphatic rings. The predicted molar refractivity (Wildman–Crippen MR) is 76.6 cm³/mol. The third-order valence-corrected chi connectivity index (χ3v) is 3.08. The van der Waals surface area contributed by atoms with Gasteiger partial charge in [-0.05, 0) is 37.3 Å². The van der Waals surface area contributed by atoms with Crippen LogP contribution < -0.4 is 4.74 Å². The quantitative estimate of drug-likeness (QED) is 0.838. The Bertz CT molecular complexity index is 575. The van der Waals surface area contributed by atoms with Gasteiger partial charge in [0.05, 0.1) is 18.8 Å². The summed E-state index contributed by atoms with van der Waals surface area (Å²) in [4.78, 5) is 14.0. The number of benzene rings is 1. The lowest BCUT2D eigenvalue weighted by Gasteiger charge is -2.17. The van der Waals surface area contributed by atoms with Crippen molar-refractivity contribution in [3.63, 3.8) is 0 Å². The maximum Gasteiger partial charge on any atom is 0.253 e. The van der Waals surface area contributed by atoms with Crippen molar-refractivity contribution in [2.24, 2.45) is 7.05 Å². The summed E-state index contributed by atoms with van der Waals surface area (Å²) in [7, 11) is 3.65. The standard InChI is InChI=1S/C15H19N3O2/c1-4-20-14-7-5-12(6-8-14)15(19)17(2)11-13-9-10-16-18(13)3/h5-10H,4,11H2,1-3H3. The molecule has 0 unspecified atom stereocenters. The molecule has 0 spiro atoms. The van der Waals surface area contributed by atoms with Crippen molar-refractivity contribution in [2.45, 2.75) is 13.5 Å². The molecule has 0 atom stereocenters. The van der Waals surface area contributed by atoms with Gasteiger partial charge < -0.3 is 9.64 Å². The zero-order valence-corrected chi connectivity index (χ0v) is 12.0. The summed E-state index contributed by atoms with van der Waals surface area (Å²) in [5, 5.41) is 4.10. The molecule has 1 amide bonds. The van der Waals surface area contributed by atoms with Crippen LogP contribution in [0.2, 0.25) is 0 Å². The van der Waals surface area contributed by atoms with E-state index in [0.29, 0.717) is 18.7 Å². The molecule has 0 aliphatic carbocycles. The summed E-state index contributed by atoms with van der Waals surface area (Å²) in [5.74, 6) is 0.757. The number of carbonyl (C=O) groups excluding carboxylic acids is 1. The van der Waals surface area contributed by atoms with Crippen molar-refractivity contribution in [1.29, 1.82) is 0 Å². The summed E-state index contributed by atoms with van der Waals surface area (Å²) >= 11 is 0. The van der Waals surface area contributed by atoms with E-state index in [-0.39, 0.29) is 5.91 Å². The van der Waals surface area contributed by atoms with Gasteiger partial charge in [0.15, 0.2) is 0 Å². The summed E-state index contributed by atoms with van der Waals surface area (Å²) in [5.41, 5.74) is 1.64. The van der Waals surface area contributed by atoms with Crippen LogP contribution in [0.3, 0.4) is 0 Å². The number of carbonyl (C=O) groups is 1. The second-order valence-electron chi connectivity index (χ2n) is 4.56. The van der Waals surface area contributed by atoms with Crippen LogP contribution in [0.5, 0.6) is 5.75 Å². The van der Waals surface area contributed by atoms with Gasteiger partial charge in [0.2, 0.25) is 0 Å². The predicted octanol–water partition coefficient (Wildman–Crippen LogP) is 2.09. The minimum Gasteiger partial charge on any atom is -0.494 e. The van der Waals surface area contributed by atoms with Crippen molar-refractivity contribution >= 4 is 5.91 Å². The van der Waals surface area contributed by atoms with Crippen LogP contribution in [0.1, 0.15) is 23.0 Å². The smallest absolute Gasteiger partial charge is 0.253 e. The van der Waals surface area contributed by atoms with E-state index in [1.165, 1.54) is 0 Å². The lowest BCUT2D eigenvalue weighted by molar-refractivity contribution is 0.0782. The molecule has 0 radical (unpaired) electrons. The first-order chi connectivity index (χ1) is 9.61. The molecule has 0 N–H and O–H groups in total. The van der Waals surface area contributed by atoms with Crippen LogP contribution in [0.25, 0.3) is 0 Å². The fourth-order valence-corrected chi connectivity index (χ4v) is 1.95. The molecule has 1 heterocycles. The van der Waals surface area contributed by atoms with Gasteiger partial charge in [0.25, 0.3) is 5.91 Å². The molecular formula is C15H19N3O2. The topological polar surface area (TPSA) is 47.4 Å². The first-order valence-electron chi connectivity index (χ1n) is 6.57. The minimum absolute atomic E-state index is 0.0192. The molecule has 2 aromatic rings. The number of aryl methyl sites for hydroxylation is 1. The number of nitrogens with zero attached hydrogens (tertiary/aromatic N) is 3. The van der Waals surface area contributed by atoms with Gasteiger partial charge in [0.1, 0.15) is 5.75 Å². The number of amides is 1. The molecule has 0 saturated heterocycles. The molecule has 0 bridgehead atoms. The van der Waals surface area contributed by atoms with Gasteiger partial charge in [-0.15, -0.1) is 0 Å². The molecule has 5 nitrogen and oxygen atoms in total. The highest BCUT2D eigenvalue weighted by Crippen LogP contribution is 2.14. The Morgan fingerprint density at radius 1 is 1.30 bits per heavy atom. The van der Waals surface area contributed by atoms with Crippen molar-refractivity contribution in [2.75, 3.05) is 13.7 Å². The van der Waals surface area contributed by atoms with E-state index in [4.69, 9.17) is 4.74 Å². The van der Waals surface area contributed by atoms with E-state index < -0.39 is 0 Å². The Hall–Kier alpha value is -2.30. The Morgan fingerprint density at radius 2 is 2.00 bits per heavy atom. The average Bonchev–Trinajstić information content (AvgIpc) is 2.85. The van der Waals surface area contributed by atoms with E-state index in [1.54, 1.807) is 35.0 Å². The normalized spacial score (nSPS) is 10.3. The molecule has 0 saturated carbocycles. The Labute approximate surface area is 118 Å². The van der Waals surface area contributed by atoms with Crippen LogP contribution in [-0.4, -0.2) is 34.2 Å². The molecule has 0 aliphatic heterocycles. The third-order valence-electron chi connectivity index (χ3n) is 3.08. The van der Waals surface area contributed by atoms with Crippen molar-refractivity contribution < 1.29 is 9.53 Å². The highest BCUT2D eigenvalue weighted by molar-refractivity contribution is 5.94. The zero-order valence-electron chi connectivity index (χ0n) is 12.0. The largest absolute Gasteiger partial charge is 0.494 e. The third kappa shape index (κ3) is 3.17. The van der Waals surface area contributed by atoms with Crippen LogP contribution in [0.15, 0.2) is 36.5 Å². The lowest BCUT2D eigenvalue weighted by atomic mass is 10.2. The summed E-state index contributed by atoms with van der Waals surface area (Å²) in [6.07, 6.45) is 1.73. The van der Waals surface area contributed by atoms with Gasteiger partial charge in [-0.3, -0.25) is 9.48 Å². The van der Waals surface area contributed by atoms with Gasteiger partial charge in [-0.1, -0.05) is 0 Å². The molecule has 0 fully saturated rings. The minimum atomic E-state index is -0.0192. The van der Waals surface area contributed by atoms with E-state index >= 15 is 0 Å². The summed E-state index contributed by atoms with van der Waals surface area (Å²) in [6, 6.07) is 9.10. The fraction of sp³-hybridized carbons (Fsp3) is 0.333. The average molecular weight is 273 g/mol. The van der Waals surface area contributed by atoms with Crippen molar-refractivity contribution in [3.05, 3.63) is 47.8 Å². The van der Waals surface area contributed by atoms with Crippen LogP contribution in [0, 0.1) is 0 Å². The molecule has 2 rings (SSSR count). The number of rotatable bonds is 5. The zero-order chi connectivity index (χ0) is 14.5. The molecule has 20 heavy (non-hydrogen) atoms. The Balaban J connectivity index is 2.04. The Morgan fingerprint density at radius 3 is 2.55 bits per heavy atom. The molecule has 5 heteroatoms. The Kier molecular flexibility index (Phi) is 4.40. The highest BCUT2D eigenvalue weighted by atomic mass is 16.5. The van der Waals surface area contributed by atoms with Crippen LogP contribution >= 0.6 is 0 Å². The molecular weight excluding hydrogens is 254 g/mol. The molecule has 1 aromatic carbocycles. The van der Waals surface area contributed by atoms with Gasteiger partial charge in [-0.25, -0.2) is 0 Å². The van der Waals surface area contributed by atoms with E-state index in [1.807, 2.05) is 32.2 Å². The second-order valence-corrected chi connectivity index (χ2v) is 4.56. The van der Waals surface area contributed by atoms with Gasteiger partial charge in [0, 0.05) is 25.9 Å². The highest BCUT2D eigenvalue weighted by Gasteiger charge is 2.13. The van der Waals surface area contributed by atoms with E-state index in [0.717, 1.165) is 11.4 Å². The van der Waals surface area contributed by atoms with Gasteiger partial charge >= 0.3 is 0 Å². The van der Waals surface area contributed by atoms with Crippen molar-refractivity contribution in [1.82, 2.24) is 14.7 Å². The van der Waals surface area contributed by atoms with E-state index in [9.17, 15) is 4.79 Å². The number of ether oxygens (including phenoxy) is 1. The first-order valence-corrected chi connectivity index (χ1v) is 6.57. The molecule has 106 valence electrons. The fourth-order valence-electron chi connectivity index (χ4n) is 1.95.